The minimum absolute atomic E-state index is 0.0183. The van der Waals surface area contributed by atoms with Crippen LogP contribution in [0.4, 0.5) is 0 Å². The average molecular weight is 404 g/mol. The summed E-state index contributed by atoms with van der Waals surface area (Å²) in [4.78, 5) is 2.07. The van der Waals surface area contributed by atoms with Gasteiger partial charge in [-0.2, -0.15) is 0 Å². The molecule has 152 valence electrons. The number of hydrogen-bond acceptors (Lipinski definition) is 4. The molecular formula is C23H30ClNO3. The predicted molar refractivity (Wildman–Crippen MR) is 114 cm³/mol. The van der Waals surface area contributed by atoms with Crippen LogP contribution in [0, 0.1) is 6.92 Å². The Morgan fingerprint density at radius 2 is 2.07 bits per heavy atom. The van der Waals surface area contributed by atoms with Crippen LogP contribution in [0.5, 0.6) is 11.5 Å². The van der Waals surface area contributed by atoms with Gasteiger partial charge in [0.1, 0.15) is 17.6 Å². The van der Waals surface area contributed by atoms with Crippen LogP contribution in [0.1, 0.15) is 48.6 Å². The number of aryl methyl sites for hydroxylation is 1. The maximum atomic E-state index is 9.39. The Balaban J connectivity index is 1.85. The van der Waals surface area contributed by atoms with Crippen molar-refractivity contribution in [3.05, 3.63) is 57.6 Å². The summed E-state index contributed by atoms with van der Waals surface area (Å²) in [6.45, 7) is 7.42. The van der Waals surface area contributed by atoms with Crippen LogP contribution in [-0.2, 0) is 13.0 Å². The van der Waals surface area contributed by atoms with Gasteiger partial charge in [0, 0.05) is 24.2 Å². The second kappa shape index (κ2) is 9.17. The van der Waals surface area contributed by atoms with Crippen LogP contribution < -0.4 is 9.47 Å². The molecule has 0 saturated carbocycles. The standard InChI is InChI=1S/C23H30ClNO3/c1-5-27-22-12-23(20(24)11-17(22)13-25(4)16(3)14-26)28-21-10-9-18-15(2)7-6-8-19(18)21/h6-8,11-12,16,21,26H,5,9-10,13-14H2,1-4H3/t16-,21+/m1/s1. The Labute approximate surface area is 173 Å². The first-order valence-electron chi connectivity index (χ1n) is 9.95. The van der Waals surface area contributed by atoms with E-state index in [2.05, 4.69) is 30.0 Å². The van der Waals surface area contributed by atoms with Crippen LogP contribution in [0.2, 0.25) is 5.02 Å². The second-order valence-electron chi connectivity index (χ2n) is 7.56. The summed E-state index contributed by atoms with van der Waals surface area (Å²) in [5.41, 5.74) is 4.96. The van der Waals surface area contributed by atoms with E-state index < -0.39 is 0 Å². The van der Waals surface area contributed by atoms with Crippen molar-refractivity contribution in [1.82, 2.24) is 4.90 Å². The van der Waals surface area contributed by atoms with E-state index in [1.165, 1.54) is 16.7 Å². The number of benzene rings is 2. The van der Waals surface area contributed by atoms with Crippen molar-refractivity contribution in [2.24, 2.45) is 0 Å². The molecule has 1 N–H and O–H groups in total. The molecular weight excluding hydrogens is 374 g/mol. The first-order valence-corrected chi connectivity index (χ1v) is 10.3. The average Bonchev–Trinajstić information content (AvgIpc) is 3.09. The fourth-order valence-electron chi connectivity index (χ4n) is 3.72. The van der Waals surface area contributed by atoms with Crippen molar-refractivity contribution < 1.29 is 14.6 Å². The highest BCUT2D eigenvalue weighted by Crippen LogP contribution is 2.41. The van der Waals surface area contributed by atoms with Crippen molar-refractivity contribution in [1.29, 1.82) is 0 Å². The fraction of sp³-hybridized carbons (Fsp3) is 0.478. The van der Waals surface area contributed by atoms with Crippen molar-refractivity contribution in [2.45, 2.75) is 52.3 Å². The molecule has 0 aliphatic heterocycles. The smallest absolute Gasteiger partial charge is 0.142 e. The third kappa shape index (κ3) is 4.45. The number of aliphatic hydroxyl groups excluding tert-OH is 1. The predicted octanol–water partition coefficient (Wildman–Crippen LogP) is 4.93. The lowest BCUT2D eigenvalue weighted by atomic mass is 10.0. The molecule has 5 heteroatoms. The molecule has 2 aromatic rings. The number of ether oxygens (including phenoxy) is 2. The summed E-state index contributed by atoms with van der Waals surface area (Å²) in [5.74, 6) is 1.44. The van der Waals surface area contributed by atoms with E-state index in [-0.39, 0.29) is 18.8 Å². The fourth-order valence-corrected chi connectivity index (χ4v) is 3.95. The second-order valence-corrected chi connectivity index (χ2v) is 7.97. The number of rotatable bonds is 8. The van der Waals surface area contributed by atoms with Gasteiger partial charge in [-0.15, -0.1) is 0 Å². The Bertz CT molecular complexity index is 824. The molecule has 0 amide bonds. The first-order chi connectivity index (χ1) is 13.4. The van der Waals surface area contributed by atoms with Gasteiger partial charge in [0.2, 0.25) is 0 Å². The highest BCUT2D eigenvalue weighted by molar-refractivity contribution is 6.32. The summed E-state index contributed by atoms with van der Waals surface area (Å²) < 4.78 is 12.2. The van der Waals surface area contributed by atoms with Gasteiger partial charge in [0.15, 0.2) is 0 Å². The molecule has 0 heterocycles. The highest BCUT2D eigenvalue weighted by atomic mass is 35.5. The molecule has 0 fully saturated rings. The van der Waals surface area contributed by atoms with Gasteiger partial charge in [-0.05, 0) is 63.4 Å². The normalized spacial score (nSPS) is 16.9. The van der Waals surface area contributed by atoms with Gasteiger partial charge in [-0.1, -0.05) is 29.8 Å². The lowest BCUT2D eigenvalue weighted by Gasteiger charge is -2.25. The summed E-state index contributed by atoms with van der Waals surface area (Å²) in [6.07, 6.45) is 2.01. The lowest BCUT2D eigenvalue weighted by molar-refractivity contribution is 0.152. The topological polar surface area (TPSA) is 41.9 Å². The maximum absolute atomic E-state index is 9.39. The number of nitrogens with zero attached hydrogens (tertiary/aromatic N) is 1. The molecule has 4 nitrogen and oxygen atoms in total. The molecule has 28 heavy (non-hydrogen) atoms. The number of fused-ring (bicyclic) bond motifs is 1. The number of halogens is 1. The van der Waals surface area contributed by atoms with Gasteiger partial charge in [0.25, 0.3) is 0 Å². The third-order valence-corrected chi connectivity index (χ3v) is 5.87. The van der Waals surface area contributed by atoms with Crippen molar-refractivity contribution in [3.63, 3.8) is 0 Å². The van der Waals surface area contributed by atoms with Gasteiger partial charge >= 0.3 is 0 Å². The van der Waals surface area contributed by atoms with Crippen LogP contribution in [0.25, 0.3) is 0 Å². The Hall–Kier alpha value is -1.75. The molecule has 0 radical (unpaired) electrons. The lowest BCUT2D eigenvalue weighted by Crippen LogP contribution is -2.31. The molecule has 1 aliphatic rings. The summed E-state index contributed by atoms with van der Waals surface area (Å²) in [6, 6.07) is 10.3. The quantitative estimate of drug-likeness (QED) is 0.678. The van der Waals surface area contributed by atoms with Crippen LogP contribution in [0.3, 0.4) is 0 Å². The van der Waals surface area contributed by atoms with Gasteiger partial charge < -0.3 is 14.6 Å². The van der Waals surface area contributed by atoms with Crippen LogP contribution in [0.15, 0.2) is 30.3 Å². The molecule has 3 rings (SSSR count). The Morgan fingerprint density at radius 3 is 2.79 bits per heavy atom. The number of aliphatic hydroxyl groups is 1. The summed E-state index contributed by atoms with van der Waals surface area (Å²) in [7, 11) is 1.98. The largest absolute Gasteiger partial charge is 0.493 e. The van der Waals surface area contributed by atoms with E-state index in [0.29, 0.717) is 23.9 Å². The molecule has 0 unspecified atom stereocenters. The SMILES string of the molecule is CCOc1cc(O[C@H]2CCc3c(C)cccc32)c(Cl)cc1CN(C)[C@H](C)CO. The molecule has 1 aliphatic carbocycles. The first kappa shape index (κ1) is 21.0. The van der Waals surface area contributed by atoms with E-state index in [1.807, 2.05) is 33.0 Å². The molecule has 0 bridgehead atoms. The van der Waals surface area contributed by atoms with E-state index in [4.69, 9.17) is 21.1 Å². The molecule has 0 aromatic heterocycles. The van der Waals surface area contributed by atoms with E-state index in [1.54, 1.807) is 0 Å². The van der Waals surface area contributed by atoms with Crippen molar-refractivity contribution in [2.75, 3.05) is 20.3 Å². The van der Waals surface area contributed by atoms with Crippen molar-refractivity contribution >= 4 is 11.6 Å². The minimum atomic E-state index is 0.0183. The van der Waals surface area contributed by atoms with Gasteiger partial charge in [0.05, 0.1) is 18.2 Å². The highest BCUT2D eigenvalue weighted by Gasteiger charge is 2.26. The van der Waals surface area contributed by atoms with E-state index in [0.717, 1.165) is 24.2 Å². The number of likely N-dealkylation sites (N-methyl/N-ethyl adjacent to an activating group) is 1. The molecule has 0 spiro atoms. The van der Waals surface area contributed by atoms with Crippen LogP contribution >= 0.6 is 11.6 Å². The zero-order chi connectivity index (χ0) is 20.3. The zero-order valence-electron chi connectivity index (χ0n) is 17.2. The molecule has 2 atom stereocenters. The minimum Gasteiger partial charge on any atom is -0.493 e. The molecule has 0 saturated heterocycles. The van der Waals surface area contributed by atoms with Gasteiger partial charge in [-0.3, -0.25) is 4.90 Å². The number of hydrogen-bond donors (Lipinski definition) is 1. The Kier molecular flexibility index (Phi) is 6.86. The monoisotopic (exact) mass is 403 g/mol. The van der Waals surface area contributed by atoms with E-state index >= 15 is 0 Å². The Morgan fingerprint density at radius 1 is 1.29 bits per heavy atom. The summed E-state index contributed by atoms with van der Waals surface area (Å²) >= 11 is 6.59. The molecule has 2 aromatic carbocycles. The van der Waals surface area contributed by atoms with Crippen molar-refractivity contribution in [3.8, 4) is 11.5 Å². The van der Waals surface area contributed by atoms with Gasteiger partial charge in [-0.25, -0.2) is 0 Å². The maximum Gasteiger partial charge on any atom is 0.142 e. The zero-order valence-corrected chi connectivity index (χ0v) is 17.9. The van der Waals surface area contributed by atoms with E-state index in [9.17, 15) is 5.11 Å². The summed E-state index contributed by atoms with van der Waals surface area (Å²) in [5, 5.41) is 9.98. The third-order valence-electron chi connectivity index (χ3n) is 5.57. The van der Waals surface area contributed by atoms with Crippen LogP contribution in [-0.4, -0.2) is 36.3 Å².